The number of piperidine rings is 1. The molecule has 1 fully saturated rings. The van der Waals surface area contributed by atoms with E-state index >= 15 is 0 Å². The van der Waals surface area contributed by atoms with E-state index in [4.69, 9.17) is 5.11 Å². The van der Waals surface area contributed by atoms with E-state index in [2.05, 4.69) is 22.5 Å². The average molecular weight is 300 g/mol. The number of carbonyl (C=O) groups is 3. The lowest BCUT2D eigenvalue weighted by atomic mass is 10.0. The van der Waals surface area contributed by atoms with Gasteiger partial charge in [-0.25, -0.2) is 4.79 Å². The second kappa shape index (κ2) is 8.46. The maximum absolute atomic E-state index is 11.9. The van der Waals surface area contributed by atoms with Crippen LogP contribution < -0.4 is 10.6 Å². The van der Waals surface area contributed by atoms with Crippen LogP contribution >= 0.6 is 0 Å². The summed E-state index contributed by atoms with van der Waals surface area (Å²) in [5.74, 6) is -1.63. The van der Waals surface area contributed by atoms with Crippen LogP contribution in [-0.4, -0.2) is 78.6 Å². The Morgan fingerprint density at radius 2 is 1.81 bits per heavy atom. The van der Waals surface area contributed by atoms with Crippen molar-refractivity contribution >= 4 is 17.9 Å². The van der Waals surface area contributed by atoms with Crippen LogP contribution in [0.3, 0.4) is 0 Å². The van der Waals surface area contributed by atoms with Gasteiger partial charge in [0.2, 0.25) is 5.91 Å². The van der Waals surface area contributed by atoms with Crippen molar-refractivity contribution in [1.82, 2.24) is 20.4 Å². The van der Waals surface area contributed by atoms with Crippen LogP contribution in [-0.2, 0) is 9.59 Å². The Bertz CT molecular complexity index is 380. The van der Waals surface area contributed by atoms with Crippen LogP contribution in [0.15, 0.2) is 0 Å². The molecule has 0 bridgehead atoms. The Labute approximate surface area is 124 Å². The molecule has 1 saturated heterocycles. The number of nitrogens with one attached hydrogen (secondary N) is 2. The molecule has 0 spiro atoms. The second-order valence-electron chi connectivity index (χ2n) is 5.11. The van der Waals surface area contributed by atoms with Gasteiger partial charge in [0, 0.05) is 26.2 Å². The van der Waals surface area contributed by atoms with Gasteiger partial charge in [0.05, 0.1) is 6.54 Å². The highest BCUT2D eigenvalue weighted by atomic mass is 16.4. The summed E-state index contributed by atoms with van der Waals surface area (Å²) in [6.45, 7) is 4.42. The molecule has 0 aromatic heterocycles. The molecule has 3 amide bonds. The van der Waals surface area contributed by atoms with E-state index in [-0.39, 0.29) is 18.6 Å². The van der Waals surface area contributed by atoms with E-state index in [1.54, 1.807) is 11.9 Å². The fourth-order valence-electron chi connectivity index (χ4n) is 2.31. The highest BCUT2D eigenvalue weighted by molar-refractivity contribution is 5.86. The molecule has 0 aromatic carbocycles. The largest absolute Gasteiger partial charge is 0.480 e. The lowest BCUT2D eigenvalue weighted by molar-refractivity contribution is -0.137. The van der Waals surface area contributed by atoms with Crippen molar-refractivity contribution in [2.45, 2.75) is 25.8 Å². The number of urea groups is 1. The zero-order valence-corrected chi connectivity index (χ0v) is 12.6. The third kappa shape index (κ3) is 5.99. The number of carbonyl (C=O) groups excluding carboxylic acids is 2. The van der Waals surface area contributed by atoms with Gasteiger partial charge in [0.25, 0.3) is 0 Å². The zero-order chi connectivity index (χ0) is 15.8. The van der Waals surface area contributed by atoms with Crippen LogP contribution in [0.4, 0.5) is 4.79 Å². The molecule has 1 heterocycles. The predicted octanol–water partition coefficient (Wildman–Crippen LogP) is -0.687. The average Bonchev–Trinajstić information content (AvgIpc) is 2.49. The van der Waals surface area contributed by atoms with Crippen molar-refractivity contribution in [2.24, 2.45) is 0 Å². The molecular weight excluding hydrogens is 276 g/mol. The van der Waals surface area contributed by atoms with Crippen molar-refractivity contribution in [3.05, 3.63) is 0 Å². The van der Waals surface area contributed by atoms with Gasteiger partial charge in [-0.1, -0.05) is 6.92 Å². The van der Waals surface area contributed by atoms with Gasteiger partial charge in [-0.05, 0) is 19.4 Å². The standard InChI is InChI=1S/C13H24N4O4/c1-3-17-6-4-10(5-7-17)16(2)13(21)15-8-11(18)14-9-12(19)20/h10H,3-9H2,1-2H3,(H,14,18)(H,15,21)(H,19,20). The Hall–Kier alpha value is -1.83. The van der Waals surface area contributed by atoms with E-state index < -0.39 is 18.4 Å². The normalized spacial score (nSPS) is 16.3. The first-order valence-corrected chi connectivity index (χ1v) is 7.15. The molecular formula is C13H24N4O4. The number of carboxylic acid groups (broad SMARTS) is 1. The summed E-state index contributed by atoms with van der Waals surface area (Å²) >= 11 is 0. The van der Waals surface area contributed by atoms with E-state index in [0.29, 0.717) is 0 Å². The van der Waals surface area contributed by atoms with Crippen molar-refractivity contribution in [2.75, 3.05) is 39.8 Å². The van der Waals surface area contributed by atoms with Gasteiger partial charge < -0.3 is 25.5 Å². The third-order valence-electron chi connectivity index (χ3n) is 3.71. The Morgan fingerprint density at radius 3 is 2.33 bits per heavy atom. The summed E-state index contributed by atoms with van der Waals surface area (Å²) in [4.78, 5) is 37.5. The summed E-state index contributed by atoms with van der Waals surface area (Å²) in [6.07, 6.45) is 1.84. The number of hydrogen-bond acceptors (Lipinski definition) is 4. The molecule has 8 nitrogen and oxygen atoms in total. The fourth-order valence-corrected chi connectivity index (χ4v) is 2.31. The zero-order valence-electron chi connectivity index (χ0n) is 12.6. The SMILES string of the molecule is CCN1CCC(N(C)C(=O)NCC(=O)NCC(=O)O)CC1. The van der Waals surface area contributed by atoms with Crippen LogP contribution in [0, 0.1) is 0 Å². The lowest BCUT2D eigenvalue weighted by Gasteiger charge is -2.36. The number of carboxylic acids is 1. The fraction of sp³-hybridized carbons (Fsp3) is 0.769. The van der Waals surface area contributed by atoms with E-state index in [9.17, 15) is 14.4 Å². The molecule has 1 rings (SSSR count). The Morgan fingerprint density at radius 1 is 1.19 bits per heavy atom. The van der Waals surface area contributed by atoms with E-state index in [1.165, 1.54) is 0 Å². The Kier molecular flexibility index (Phi) is 6.93. The highest BCUT2D eigenvalue weighted by Gasteiger charge is 2.24. The predicted molar refractivity (Wildman–Crippen MR) is 76.9 cm³/mol. The second-order valence-corrected chi connectivity index (χ2v) is 5.11. The lowest BCUT2D eigenvalue weighted by Crippen LogP contribution is -2.50. The number of likely N-dealkylation sites (tertiary alicyclic amines) is 1. The molecule has 0 radical (unpaired) electrons. The number of nitrogens with zero attached hydrogens (tertiary/aromatic N) is 2. The molecule has 1 aliphatic rings. The van der Waals surface area contributed by atoms with E-state index in [0.717, 1.165) is 32.5 Å². The van der Waals surface area contributed by atoms with Crippen LogP contribution in [0.2, 0.25) is 0 Å². The number of rotatable bonds is 6. The maximum atomic E-state index is 11.9. The minimum atomic E-state index is -1.12. The molecule has 8 heteroatoms. The van der Waals surface area contributed by atoms with Crippen LogP contribution in [0.1, 0.15) is 19.8 Å². The minimum Gasteiger partial charge on any atom is -0.480 e. The molecule has 0 atom stereocenters. The van der Waals surface area contributed by atoms with Gasteiger partial charge in [-0.3, -0.25) is 9.59 Å². The molecule has 21 heavy (non-hydrogen) atoms. The molecule has 0 saturated carbocycles. The molecule has 0 aromatic rings. The maximum Gasteiger partial charge on any atom is 0.322 e. The van der Waals surface area contributed by atoms with Crippen molar-refractivity contribution in [3.63, 3.8) is 0 Å². The molecule has 1 aliphatic heterocycles. The van der Waals surface area contributed by atoms with Gasteiger partial charge in [0.15, 0.2) is 0 Å². The number of aliphatic carboxylic acids is 1. The third-order valence-corrected chi connectivity index (χ3v) is 3.71. The first-order chi connectivity index (χ1) is 9.93. The van der Waals surface area contributed by atoms with Crippen LogP contribution in [0.25, 0.3) is 0 Å². The van der Waals surface area contributed by atoms with Crippen molar-refractivity contribution in [3.8, 4) is 0 Å². The molecule has 3 N–H and O–H groups in total. The van der Waals surface area contributed by atoms with Gasteiger partial charge in [0.1, 0.15) is 6.54 Å². The first kappa shape index (κ1) is 17.2. The Balaban J connectivity index is 2.28. The first-order valence-electron chi connectivity index (χ1n) is 7.15. The number of hydrogen-bond donors (Lipinski definition) is 3. The molecule has 0 aliphatic carbocycles. The summed E-state index contributed by atoms with van der Waals surface area (Å²) in [7, 11) is 1.72. The van der Waals surface area contributed by atoms with E-state index in [1.807, 2.05) is 0 Å². The molecule has 0 unspecified atom stereocenters. The van der Waals surface area contributed by atoms with Crippen LogP contribution in [0.5, 0.6) is 0 Å². The summed E-state index contributed by atoms with van der Waals surface area (Å²) in [5.41, 5.74) is 0. The highest BCUT2D eigenvalue weighted by Crippen LogP contribution is 2.14. The van der Waals surface area contributed by atoms with Gasteiger partial charge in [-0.2, -0.15) is 0 Å². The molecule has 120 valence electrons. The minimum absolute atomic E-state index is 0.176. The summed E-state index contributed by atoms with van der Waals surface area (Å²) < 4.78 is 0. The number of amides is 3. The summed E-state index contributed by atoms with van der Waals surface area (Å²) in [5, 5.41) is 13.1. The topological polar surface area (TPSA) is 102 Å². The van der Waals surface area contributed by atoms with Gasteiger partial charge in [-0.15, -0.1) is 0 Å². The monoisotopic (exact) mass is 300 g/mol. The van der Waals surface area contributed by atoms with Crippen molar-refractivity contribution < 1.29 is 19.5 Å². The van der Waals surface area contributed by atoms with Gasteiger partial charge >= 0.3 is 12.0 Å². The summed E-state index contributed by atoms with van der Waals surface area (Å²) in [6, 6.07) is -0.134. The quantitative estimate of drug-likeness (QED) is 0.603. The smallest absolute Gasteiger partial charge is 0.322 e. The van der Waals surface area contributed by atoms with Crippen molar-refractivity contribution in [1.29, 1.82) is 0 Å².